The largest absolute Gasteiger partial charge is 0.312 e. The molecule has 0 aromatic carbocycles. The van der Waals surface area contributed by atoms with E-state index in [9.17, 15) is 0 Å². The van der Waals surface area contributed by atoms with Crippen molar-refractivity contribution < 1.29 is 0 Å². The van der Waals surface area contributed by atoms with E-state index in [0.717, 1.165) is 35.5 Å². The molecule has 0 bridgehead atoms. The van der Waals surface area contributed by atoms with Crippen LogP contribution < -0.4 is 5.32 Å². The molecule has 0 spiro atoms. The Hall–Kier alpha value is -0.600. The van der Waals surface area contributed by atoms with Gasteiger partial charge >= 0.3 is 0 Å². The third-order valence-electron chi connectivity index (χ3n) is 3.06. The van der Waals surface area contributed by atoms with Gasteiger partial charge in [0.05, 0.1) is 5.02 Å². The summed E-state index contributed by atoms with van der Waals surface area (Å²) in [4.78, 5) is 3.97. The molecule has 0 amide bonds. The van der Waals surface area contributed by atoms with E-state index in [1.807, 2.05) is 6.07 Å². The maximum absolute atomic E-state index is 6.01. The van der Waals surface area contributed by atoms with Gasteiger partial charge in [-0.15, -0.1) is 0 Å². The molecule has 1 heterocycles. The first-order valence-corrected chi connectivity index (χ1v) is 5.94. The van der Waals surface area contributed by atoms with Gasteiger partial charge in [-0.25, -0.2) is 0 Å². The summed E-state index contributed by atoms with van der Waals surface area (Å²) < 4.78 is 0. The van der Waals surface area contributed by atoms with E-state index in [-0.39, 0.29) is 0 Å². The van der Waals surface area contributed by atoms with Crippen LogP contribution in [-0.2, 0) is 6.54 Å². The highest BCUT2D eigenvalue weighted by Gasteiger charge is 2.27. The van der Waals surface area contributed by atoms with Gasteiger partial charge < -0.3 is 5.32 Å². The lowest BCUT2D eigenvalue weighted by Crippen LogP contribution is -2.21. The van der Waals surface area contributed by atoms with Gasteiger partial charge in [-0.2, -0.15) is 0 Å². The molecule has 1 aliphatic carbocycles. The minimum Gasteiger partial charge on any atom is -0.312 e. The molecule has 15 heavy (non-hydrogen) atoms. The van der Waals surface area contributed by atoms with Crippen molar-refractivity contribution in [2.45, 2.75) is 26.3 Å². The molecule has 0 saturated heterocycles. The predicted octanol–water partition coefficient (Wildman–Crippen LogP) is 2.87. The normalized spacial score (nSPS) is 17.7. The smallest absolute Gasteiger partial charge is 0.0634 e. The molecule has 82 valence electrons. The van der Waals surface area contributed by atoms with Gasteiger partial charge in [0.2, 0.25) is 0 Å². The third kappa shape index (κ3) is 3.18. The Kier molecular flexibility index (Phi) is 3.60. The van der Waals surface area contributed by atoms with Gasteiger partial charge in [0.1, 0.15) is 0 Å². The first-order chi connectivity index (χ1) is 7.27. The van der Waals surface area contributed by atoms with E-state index < -0.39 is 0 Å². The lowest BCUT2D eigenvalue weighted by atomic mass is 10.1. The standard InChI is InChI=1S/C12H17ClN2/c1-9(10-2-3-10)6-15-7-11-4-5-14-8-12(11)13/h4-5,8-10,15H,2-3,6-7H2,1H3. The highest BCUT2D eigenvalue weighted by atomic mass is 35.5. The quantitative estimate of drug-likeness (QED) is 0.832. The Labute approximate surface area is 96.1 Å². The van der Waals surface area contributed by atoms with Crippen LogP contribution in [0, 0.1) is 11.8 Å². The van der Waals surface area contributed by atoms with Crippen LogP contribution in [0.3, 0.4) is 0 Å². The van der Waals surface area contributed by atoms with Gasteiger partial charge in [0.15, 0.2) is 0 Å². The molecule has 2 rings (SSSR count). The molecular weight excluding hydrogens is 208 g/mol. The van der Waals surface area contributed by atoms with Crippen molar-refractivity contribution in [1.82, 2.24) is 10.3 Å². The van der Waals surface area contributed by atoms with Gasteiger partial charge in [-0.05, 0) is 42.9 Å². The van der Waals surface area contributed by atoms with E-state index in [2.05, 4.69) is 17.2 Å². The van der Waals surface area contributed by atoms with Gasteiger partial charge in [-0.1, -0.05) is 18.5 Å². The monoisotopic (exact) mass is 224 g/mol. The number of rotatable bonds is 5. The molecule has 0 radical (unpaired) electrons. The van der Waals surface area contributed by atoms with Crippen LogP contribution in [0.15, 0.2) is 18.5 Å². The minimum absolute atomic E-state index is 0.754. The van der Waals surface area contributed by atoms with Crippen LogP contribution in [-0.4, -0.2) is 11.5 Å². The van der Waals surface area contributed by atoms with Crippen LogP contribution in [0.4, 0.5) is 0 Å². The highest BCUT2D eigenvalue weighted by Crippen LogP contribution is 2.36. The fourth-order valence-electron chi connectivity index (χ4n) is 1.81. The Morgan fingerprint density at radius 1 is 1.60 bits per heavy atom. The zero-order valence-electron chi connectivity index (χ0n) is 9.04. The van der Waals surface area contributed by atoms with Crippen molar-refractivity contribution >= 4 is 11.6 Å². The number of halogens is 1. The topological polar surface area (TPSA) is 24.9 Å². The number of hydrogen-bond acceptors (Lipinski definition) is 2. The van der Waals surface area contributed by atoms with Gasteiger partial charge in [-0.3, -0.25) is 4.98 Å². The fraction of sp³-hybridized carbons (Fsp3) is 0.583. The van der Waals surface area contributed by atoms with Crippen LogP contribution in [0.2, 0.25) is 5.02 Å². The zero-order valence-corrected chi connectivity index (χ0v) is 9.80. The molecule has 1 aromatic rings. The van der Waals surface area contributed by atoms with E-state index in [1.54, 1.807) is 12.4 Å². The summed E-state index contributed by atoms with van der Waals surface area (Å²) in [6.45, 7) is 4.25. The van der Waals surface area contributed by atoms with Crippen LogP contribution in [0.1, 0.15) is 25.3 Å². The lowest BCUT2D eigenvalue weighted by molar-refractivity contribution is 0.461. The van der Waals surface area contributed by atoms with Crippen LogP contribution >= 0.6 is 11.6 Å². The summed E-state index contributed by atoms with van der Waals surface area (Å²) in [5.41, 5.74) is 1.13. The lowest BCUT2D eigenvalue weighted by Gasteiger charge is -2.11. The summed E-state index contributed by atoms with van der Waals surface area (Å²) in [6, 6.07) is 1.97. The summed E-state index contributed by atoms with van der Waals surface area (Å²) in [6.07, 6.45) is 6.31. The van der Waals surface area contributed by atoms with Crippen LogP contribution in [0.5, 0.6) is 0 Å². The van der Waals surface area contributed by atoms with Crippen molar-refractivity contribution in [2.75, 3.05) is 6.54 Å². The second kappa shape index (κ2) is 4.95. The van der Waals surface area contributed by atoms with Crippen molar-refractivity contribution in [1.29, 1.82) is 0 Å². The average molecular weight is 225 g/mol. The van der Waals surface area contributed by atoms with Gasteiger partial charge in [0.25, 0.3) is 0 Å². The number of hydrogen-bond donors (Lipinski definition) is 1. The van der Waals surface area contributed by atoms with Crippen molar-refractivity contribution in [3.63, 3.8) is 0 Å². The predicted molar refractivity (Wildman–Crippen MR) is 62.8 cm³/mol. The SMILES string of the molecule is CC(CNCc1ccncc1Cl)C1CC1. The second-order valence-corrected chi connectivity index (χ2v) is 4.82. The maximum Gasteiger partial charge on any atom is 0.0634 e. The molecule has 1 unspecified atom stereocenters. The molecule has 0 aliphatic heterocycles. The summed E-state index contributed by atoms with van der Waals surface area (Å²) in [5, 5.41) is 4.21. The molecular formula is C12H17ClN2. The first-order valence-electron chi connectivity index (χ1n) is 5.56. The van der Waals surface area contributed by atoms with E-state index >= 15 is 0 Å². The summed E-state index contributed by atoms with van der Waals surface area (Å²) in [7, 11) is 0. The average Bonchev–Trinajstić information content (AvgIpc) is 3.04. The van der Waals surface area contributed by atoms with Crippen LogP contribution in [0.25, 0.3) is 0 Å². The maximum atomic E-state index is 6.01. The van der Waals surface area contributed by atoms with Crippen molar-refractivity contribution in [3.8, 4) is 0 Å². The third-order valence-corrected chi connectivity index (χ3v) is 3.41. The Bertz CT molecular complexity index is 323. The first kappa shape index (κ1) is 10.9. The van der Waals surface area contributed by atoms with E-state index in [0.29, 0.717) is 0 Å². The Morgan fingerprint density at radius 2 is 2.40 bits per heavy atom. The minimum atomic E-state index is 0.754. The zero-order chi connectivity index (χ0) is 10.7. The summed E-state index contributed by atoms with van der Waals surface area (Å²) >= 11 is 6.01. The molecule has 1 N–H and O–H groups in total. The van der Waals surface area contributed by atoms with Crippen molar-refractivity contribution in [3.05, 3.63) is 29.0 Å². The number of pyridine rings is 1. The molecule has 1 aromatic heterocycles. The Morgan fingerprint density at radius 3 is 3.07 bits per heavy atom. The number of nitrogens with one attached hydrogen (secondary N) is 1. The fourth-order valence-corrected chi connectivity index (χ4v) is 2.00. The van der Waals surface area contributed by atoms with E-state index in [1.165, 1.54) is 12.8 Å². The summed E-state index contributed by atoms with van der Waals surface area (Å²) in [5.74, 6) is 1.76. The molecule has 1 fully saturated rings. The molecule has 1 atom stereocenters. The Balaban J connectivity index is 1.75. The molecule has 1 aliphatic rings. The number of nitrogens with zero attached hydrogens (tertiary/aromatic N) is 1. The molecule has 1 saturated carbocycles. The molecule has 3 heteroatoms. The highest BCUT2D eigenvalue weighted by molar-refractivity contribution is 6.31. The van der Waals surface area contributed by atoms with E-state index in [4.69, 9.17) is 11.6 Å². The second-order valence-electron chi connectivity index (χ2n) is 4.41. The number of aromatic nitrogens is 1. The molecule has 2 nitrogen and oxygen atoms in total. The van der Waals surface area contributed by atoms with Crippen molar-refractivity contribution in [2.24, 2.45) is 11.8 Å². The van der Waals surface area contributed by atoms with Gasteiger partial charge in [0, 0.05) is 18.9 Å².